The summed E-state index contributed by atoms with van der Waals surface area (Å²) in [5, 5.41) is 2.89. The second-order valence-electron chi connectivity index (χ2n) is 5.20. The summed E-state index contributed by atoms with van der Waals surface area (Å²) < 4.78 is 0. The molecule has 0 bridgehead atoms. The molecule has 1 amide bonds. The number of piperidine rings is 1. The molecule has 1 aliphatic rings. The number of benzene rings is 1. The molecule has 3 nitrogen and oxygen atoms in total. The van der Waals surface area contributed by atoms with Crippen LogP contribution in [0.1, 0.15) is 46.0 Å². The lowest BCUT2D eigenvalue weighted by Crippen LogP contribution is -2.39. The fraction of sp³-hybridized carbons (Fsp3) is 0.562. The Labute approximate surface area is 116 Å². The molecule has 19 heavy (non-hydrogen) atoms. The minimum absolute atomic E-state index is 0.0668. The van der Waals surface area contributed by atoms with E-state index in [1.165, 1.54) is 31.4 Å². The Kier molecular flexibility index (Phi) is 4.83. The van der Waals surface area contributed by atoms with Crippen molar-refractivity contribution in [1.29, 1.82) is 0 Å². The van der Waals surface area contributed by atoms with E-state index in [4.69, 9.17) is 0 Å². The fourth-order valence-electron chi connectivity index (χ4n) is 2.75. The average Bonchev–Trinajstić information content (AvgIpc) is 2.48. The fourth-order valence-corrected chi connectivity index (χ4v) is 2.75. The second-order valence-corrected chi connectivity index (χ2v) is 5.20. The highest BCUT2D eigenvalue weighted by atomic mass is 16.1. The van der Waals surface area contributed by atoms with Gasteiger partial charge in [-0.25, -0.2) is 0 Å². The lowest BCUT2D eigenvalue weighted by molar-refractivity contribution is -0.115. The summed E-state index contributed by atoms with van der Waals surface area (Å²) in [6.45, 7) is 5.28. The Morgan fingerprint density at radius 1 is 1.26 bits per heavy atom. The van der Waals surface area contributed by atoms with Gasteiger partial charge in [0, 0.05) is 30.4 Å². The molecular formula is C16H24N2O. The van der Waals surface area contributed by atoms with Crippen molar-refractivity contribution in [1.82, 2.24) is 0 Å². The van der Waals surface area contributed by atoms with Gasteiger partial charge in [-0.2, -0.15) is 0 Å². The number of rotatable bonds is 4. The molecule has 1 fully saturated rings. The van der Waals surface area contributed by atoms with Crippen LogP contribution in [-0.4, -0.2) is 18.5 Å². The zero-order valence-corrected chi connectivity index (χ0v) is 12.0. The Morgan fingerprint density at radius 2 is 2.00 bits per heavy atom. The SMILES string of the molecule is CCC(=O)Nc1ccc(N2CCCCC2CC)cc1. The molecule has 0 radical (unpaired) electrons. The predicted octanol–water partition coefficient (Wildman–Crippen LogP) is 3.80. The third-order valence-electron chi connectivity index (χ3n) is 3.90. The predicted molar refractivity (Wildman–Crippen MR) is 80.6 cm³/mol. The van der Waals surface area contributed by atoms with E-state index in [-0.39, 0.29) is 5.91 Å². The maximum absolute atomic E-state index is 11.3. The van der Waals surface area contributed by atoms with E-state index in [1.54, 1.807) is 0 Å². The molecular weight excluding hydrogens is 236 g/mol. The van der Waals surface area contributed by atoms with E-state index >= 15 is 0 Å². The number of hydrogen-bond acceptors (Lipinski definition) is 2. The molecule has 1 aliphatic heterocycles. The van der Waals surface area contributed by atoms with E-state index in [2.05, 4.69) is 29.3 Å². The summed E-state index contributed by atoms with van der Waals surface area (Å²) in [7, 11) is 0. The van der Waals surface area contributed by atoms with Gasteiger partial charge < -0.3 is 10.2 Å². The molecule has 3 heteroatoms. The van der Waals surface area contributed by atoms with Gasteiger partial charge in [-0.05, 0) is 49.9 Å². The Balaban J connectivity index is 2.06. The minimum Gasteiger partial charge on any atom is -0.369 e. The molecule has 1 N–H and O–H groups in total. The molecule has 1 saturated heterocycles. The van der Waals surface area contributed by atoms with E-state index in [9.17, 15) is 4.79 Å². The van der Waals surface area contributed by atoms with Crippen molar-refractivity contribution in [2.24, 2.45) is 0 Å². The van der Waals surface area contributed by atoms with Crippen LogP contribution in [0.25, 0.3) is 0 Å². The van der Waals surface area contributed by atoms with Gasteiger partial charge in [0.2, 0.25) is 5.91 Å². The quantitative estimate of drug-likeness (QED) is 0.893. The third kappa shape index (κ3) is 3.49. The monoisotopic (exact) mass is 260 g/mol. The van der Waals surface area contributed by atoms with Crippen molar-refractivity contribution in [2.45, 2.75) is 52.0 Å². The van der Waals surface area contributed by atoms with Crippen molar-refractivity contribution in [3.63, 3.8) is 0 Å². The van der Waals surface area contributed by atoms with Crippen LogP contribution in [0.5, 0.6) is 0 Å². The second kappa shape index (κ2) is 6.60. The number of anilines is 2. The Morgan fingerprint density at radius 3 is 2.63 bits per heavy atom. The standard InChI is InChI=1S/C16H24N2O/c1-3-14-7-5-6-12-18(14)15-10-8-13(9-11-15)17-16(19)4-2/h8-11,14H,3-7,12H2,1-2H3,(H,17,19). The lowest BCUT2D eigenvalue weighted by Gasteiger charge is -2.37. The lowest BCUT2D eigenvalue weighted by atomic mass is 9.99. The first-order valence-electron chi connectivity index (χ1n) is 7.41. The summed E-state index contributed by atoms with van der Waals surface area (Å²) in [4.78, 5) is 13.9. The van der Waals surface area contributed by atoms with E-state index in [0.717, 1.165) is 12.2 Å². The van der Waals surface area contributed by atoms with Crippen LogP contribution in [0, 0.1) is 0 Å². The Hall–Kier alpha value is -1.51. The highest BCUT2D eigenvalue weighted by Gasteiger charge is 2.20. The maximum Gasteiger partial charge on any atom is 0.224 e. The van der Waals surface area contributed by atoms with Crippen molar-refractivity contribution >= 4 is 17.3 Å². The van der Waals surface area contributed by atoms with E-state index in [0.29, 0.717) is 12.5 Å². The van der Waals surface area contributed by atoms with Crippen molar-refractivity contribution < 1.29 is 4.79 Å². The molecule has 1 atom stereocenters. The zero-order chi connectivity index (χ0) is 13.7. The van der Waals surface area contributed by atoms with Crippen molar-refractivity contribution in [3.05, 3.63) is 24.3 Å². The van der Waals surface area contributed by atoms with Gasteiger partial charge in [-0.3, -0.25) is 4.79 Å². The van der Waals surface area contributed by atoms with Crippen molar-refractivity contribution in [3.8, 4) is 0 Å². The van der Waals surface area contributed by atoms with Crippen molar-refractivity contribution in [2.75, 3.05) is 16.8 Å². The van der Waals surface area contributed by atoms with Crippen LogP contribution in [0.2, 0.25) is 0 Å². The zero-order valence-electron chi connectivity index (χ0n) is 12.0. The Bertz CT molecular complexity index is 413. The molecule has 0 aromatic heterocycles. The topological polar surface area (TPSA) is 32.3 Å². The smallest absolute Gasteiger partial charge is 0.224 e. The van der Waals surface area contributed by atoms with E-state index in [1.807, 2.05) is 19.1 Å². The van der Waals surface area contributed by atoms with E-state index < -0.39 is 0 Å². The van der Waals surface area contributed by atoms with Crippen LogP contribution in [0.15, 0.2) is 24.3 Å². The number of nitrogens with zero attached hydrogens (tertiary/aromatic N) is 1. The first-order valence-corrected chi connectivity index (χ1v) is 7.41. The highest BCUT2D eigenvalue weighted by Crippen LogP contribution is 2.27. The minimum atomic E-state index is 0.0668. The summed E-state index contributed by atoms with van der Waals surface area (Å²) in [5.41, 5.74) is 2.17. The van der Waals surface area contributed by atoms with Crippen LogP contribution >= 0.6 is 0 Å². The third-order valence-corrected chi connectivity index (χ3v) is 3.90. The molecule has 2 rings (SSSR count). The highest BCUT2D eigenvalue weighted by molar-refractivity contribution is 5.90. The molecule has 0 saturated carbocycles. The summed E-state index contributed by atoms with van der Waals surface area (Å²) in [5.74, 6) is 0.0668. The van der Waals surface area contributed by atoms with Gasteiger partial charge >= 0.3 is 0 Å². The van der Waals surface area contributed by atoms with Crippen LogP contribution < -0.4 is 10.2 Å². The first kappa shape index (κ1) is 13.9. The number of nitrogens with one attached hydrogen (secondary N) is 1. The molecule has 1 unspecified atom stereocenters. The van der Waals surface area contributed by atoms with Gasteiger partial charge in [0.25, 0.3) is 0 Å². The maximum atomic E-state index is 11.3. The van der Waals surface area contributed by atoms with Gasteiger partial charge in [0.05, 0.1) is 0 Å². The summed E-state index contributed by atoms with van der Waals surface area (Å²) in [6, 6.07) is 8.93. The average molecular weight is 260 g/mol. The van der Waals surface area contributed by atoms with Crippen LogP contribution in [-0.2, 0) is 4.79 Å². The molecule has 1 aromatic rings. The molecule has 1 aromatic carbocycles. The normalized spacial score (nSPS) is 19.3. The van der Waals surface area contributed by atoms with Gasteiger partial charge in [-0.1, -0.05) is 13.8 Å². The number of hydrogen-bond donors (Lipinski definition) is 1. The van der Waals surface area contributed by atoms with Gasteiger partial charge in [0.15, 0.2) is 0 Å². The van der Waals surface area contributed by atoms with Crippen LogP contribution in [0.4, 0.5) is 11.4 Å². The molecule has 0 spiro atoms. The number of amides is 1. The van der Waals surface area contributed by atoms with Gasteiger partial charge in [-0.15, -0.1) is 0 Å². The van der Waals surface area contributed by atoms with Gasteiger partial charge in [0.1, 0.15) is 0 Å². The number of carbonyl (C=O) groups excluding carboxylic acids is 1. The summed E-state index contributed by atoms with van der Waals surface area (Å²) in [6.07, 6.45) is 5.65. The molecule has 1 heterocycles. The molecule has 0 aliphatic carbocycles. The van der Waals surface area contributed by atoms with Crippen LogP contribution in [0.3, 0.4) is 0 Å². The number of carbonyl (C=O) groups is 1. The summed E-state index contributed by atoms with van der Waals surface area (Å²) >= 11 is 0. The first-order chi connectivity index (χ1) is 9.24. The molecule has 104 valence electrons. The largest absolute Gasteiger partial charge is 0.369 e.